The van der Waals surface area contributed by atoms with Crippen molar-refractivity contribution in [3.05, 3.63) is 59.1 Å². The lowest BCUT2D eigenvalue weighted by atomic mass is 10.1. The minimum Gasteiger partial charge on any atom is -0.486 e. The number of benzene rings is 2. The van der Waals surface area contributed by atoms with E-state index in [1.165, 1.54) is 4.70 Å². The molecule has 1 aromatic heterocycles. The Hall–Kier alpha value is -2.40. The van der Waals surface area contributed by atoms with Crippen molar-refractivity contribution in [2.75, 3.05) is 0 Å². The summed E-state index contributed by atoms with van der Waals surface area (Å²) in [5.74, 6) is 0.767. The molecular formula is C16H14N2O2S. The SMILES string of the molecule is CC(=NO)c1ccc(OCc2nc3ccccc3s2)cc1. The molecule has 21 heavy (non-hydrogen) atoms. The van der Waals surface area contributed by atoms with Gasteiger partial charge >= 0.3 is 0 Å². The third-order valence-corrected chi connectivity index (χ3v) is 4.13. The first-order chi connectivity index (χ1) is 10.3. The molecule has 0 radical (unpaired) electrons. The van der Waals surface area contributed by atoms with Crippen LogP contribution in [0.5, 0.6) is 5.75 Å². The lowest BCUT2D eigenvalue weighted by Crippen LogP contribution is -1.97. The Balaban J connectivity index is 1.69. The average molecular weight is 298 g/mol. The van der Waals surface area contributed by atoms with Gasteiger partial charge in [-0.3, -0.25) is 0 Å². The van der Waals surface area contributed by atoms with Crippen molar-refractivity contribution in [3.63, 3.8) is 0 Å². The van der Waals surface area contributed by atoms with Crippen LogP contribution in [0.4, 0.5) is 0 Å². The Morgan fingerprint density at radius 3 is 2.67 bits per heavy atom. The third-order valence-electron chi connectivity index (χ3n) is 3.12. The second kappa shape index (κ2) is 5.93. The molecule has 0 amide bonds. The van der Waals surface area contributed by atoms with Gasteiger partial charge in [0.15, 0.2) is 0 Å². The van der Waals surface area contributed by atoms with Crippen LogP contribution in [0, 0.1) is 0 Å². The molecule has 3 rings (SSSR count). The second-order valence-corrected chi connectivity index (χ2v) is 5.69. The van der Waals surface area contributed by atoms with Crippen LogP contribution in [0.25, 0.3) is 10.2 Å². The van der Waals surface area contributed by atoms with Crippen LogP contribution in [-0.4, -0.2) is 15.9 Å². The van der Waals surface area contributed by atoms with Crippen LogP contribution >= 0.6 is 11.3 Å². The summed E-state index contributed by atoms with van der Waals surface area (Å²) in [5, 5.41) is 12.9. The van der Waals surface area contributed by atoms with Crippen LogP contribution in [0.15, 0.2) is 53.7 Å². The molecule has 0 atom stereocenters. The van der Waals surface area contributed by atoms with Gasteiger partial charge in [0.25, 0.3) is 0 Å². The Morgan fingerprint density at radius 1 is 1.19 bits per heavy atom. The van der Waals surface area contributed by atoms with Gasteiger partial charge in [-0.1, -0.05) is 17.3 Å². The Labute approximate surface area is 126 Å². The van der Waals surface area contributed by atoms with Crippen molar-refractivity contribution in [1.29, 1.82) is 0 Å². The van der Waals surface area contributed by atoms with Gasteiger partial charge in [-0.05, 0) is 48.9 Å². The lowest BCUT2D eigenvalue weighted by Gasteiger charge is -2.05. The van der Waals surface area contributed by atoms with Gasteiger partial charge in [-0.2, -0.15) is 0 Å². The summed E-state index contributed by atoms with van der Waals surface area (Å²) < 4.78 is 6.90. The number of oxime groups is 1. The first-order valence-corrected chi connectivity index (χ1v) is 7.34. The molecule has 0 bridgehead atoms. The minimum atomic E-state index is 0.450. The van der Waals surface area contributed by atoms with Crippen LogP contribution in [0.3, 0.4) is 0 Å². The number of nitrogens with zero attached hydrogens (tertiary/aromatic N) is 2. The van der Waals surface area contributed by atoms with E-state index in [1.807, 2.05) is 42.5 Å². The molecule has 1 heterocycles. The van der Waals surface area contributed by atoms with Crippen molar-refractivity contribution in [2.24, 2.45) is 5.16 Å². The number of fused-ring (bicyclic) bond motifs is 1. The molecule has 0 fully saturated rings. The summed E-state index contributed by atoms with van der Waals surface area (Å²) >= 11 is 1.64. The molecule has 0 saturated heterocycles. The monoisotopic (exact) mass is 298 g/mol. The molecule has 4 nitrogen and oxygen atoms in total. The van der Waals surface area contributed by atoms with Crippen molar-refractivity contribution in [1.82, 2.24) is 4.98 Å². The predicted molar refractivity (Wildman–Crippen MR) is 84.4 cm³/mol. The van der Waals surface area contributed by atoms with E-state index in [0.29, 0.717) is 12.3 Å². The van der Waals surface area contributed by atoms with E-state index in [1.54, 1.807) is 18.3 Å². The number of rotatable bonds is 4. The van der Waals surface area contributed by atoms with E-state index in [2.05, 4.69) is 16.2 Å². The molecule has 106 valence electrons. The van der Waals surface area contributed by atoms with Crippen LogP contribution in [0.1, 0.15) is 17.5 Å². The maximum atomic E-state index is 8.73. The molecular weight excluding hydrogens is 284 g/mol. The van der Waals surface area contributed by atoms with Crippen molar-refractivity contribution < 1.29 is 9.94 Å². The van der Waals surface area contributed by atoms with Crippen LogP contribution in [-0.2, 0) is 6.61 Å². The summed E-state index contributed by atoms with van der Waals surface area (Å²) in [6.07, 6.45) is 0. The zero-order valence-corrected chi connectivity index (χ0v) is 12.3. The van der Waals surface area contributed by atoms with Gasteiger partial charge < -0.3 is 9.94 Å². The summed E-state index contributed by atoms with van der Waals surface area (Å²) in [7, 11) is 0. The maximum absolute atomic E-state index is 8.73. The van der Waals surface area contributed by atoms with Crippen LogP contribution < -0.4 is 4.74 Å². The van der Waals surface area contributed by atoms with Gasteiger partial charge in [0.05, 0.1) is 15.9 Å². The van der Waals surface area contributed by atoms with Crippen molar-refractivity contribution in [2.45, 2.75) is 13.5 Å². The third kappa shape index (κ3) is 3.03. The van der Waals surface area contributed by atoms with E-state index >= 15 is 0 Å². The van der Waals surface area contributed by atoms with Gasteiger partial charge in [-0.25, -0.2) is 4.98 Å². The highest BCUT2D eigenvalue weighted by Gasteiger charge is 2.04. The highest BCUT2D eigenvalue weighted by atomic mass is 32.1. The van der Waals surface area contributed by atoms with E-state index in [-0.39, 0.29) is 0 Å². The van der Waals surface area contributed by atoms with Gasteiger partial charge in [0.2, 0.25) is 0 Å². The van der Waals surface area contributed by atoms with Gasteiger partial charge in [0.1, 0.15) is 17.4 Å². The molecule has 1 N–H and O–H groups in total. The van der Waals surface area contributed by atoms with E-state index < -0.39 is 0 Å². The Bertz CT molecular complexity index is 745. The smallest absolute Gasteiger partial charge is 0.140 e. The fourth-order valence-corrected chi connectivity index (χ4v) is 2.86. The zero-order chi connectivity index (χ0) is 14.7. The minimum absolute atomic E-state index is 0.450. The Kier molecular flexibility index (Phi) is 3.83. The number of para-hydroxylation sites is 1. The number of hydrogen-bond donors (Lipinski definition) is 1. The molecule has 5 heteroatoms. The van der Waals surface area contributed by atoms with Crippen molar-refractivity contribution >= 4 is 27.3 Å². The summed E-state index contributed by atoms with van der Waals surface area (Å²) in [5.41, 5.74) is 2.45. The quantitative estimate of drug-likeness (QED) is 0.449. The van der Waals surface area contributed by atoms with Crippen molar-refractivity contribution in [3.8, 4) is 5.75 Å². The van der Waals surface area contributed by atoms with E-state index in [0.717, 1.165) is 21.8 Å². The molecule has 0 saturated carbocycles. The van der Waals surface area contributed by atoms with Crippen LogP contribution in [0.2, 0.25) is 0 Å². The molecule has 0 aliphatic heterocycles. The maximum Gasteiger partial charge on any atom is 0.140 e. The highest BCUT2D eigenvalue weighted by molar-refractivity contribution is 7.18. The molecule has 0 spiro atoms. The second-order valence-electron chi connectivity index (χ2n) is 4.57. The zero-order valence-electron chi connectivity index (χ0n) is 11.5. The highest BCUT2D eigenvalue weighted by Crippen LogP contribution is 2.23. The summed E-state index contributed by atoms with van der Waals surface area (Å²) in [6, 6.07) is 15.5. The van der Waals surface area contributed by atoms with Gasteiger partial charge in [0, 0.05) is 0 Å². The molecule has 0 unspecified atom stereocenters. The number of hydrogen-bond acceptors (Lipinski definition) is 5. The van der Waals surface area contributed by atoms with E-state index in [9.17, 15) is 0 Å². The molecule has 0 aliphatic rings. The molecule has 2 aromatic carbocycles. The number of thiazole rings is 1. The standard InChI is InChI=1S/C16H14N2O2S/c1-11(18-19)12-6-8-13(9-7-12)20-10-16-17-14-4-2-3-5-15(14)21-16/h2-9,19H,10H2,1H3. The molecule has 3 aromatic rings. The largest absolute Gasteiger partial charge is 0.486 e. The Morgan fingerprint density at radius 2 is 1.95 bits per heavy atom. The average Bonchev–Trinajstić information content (AvgIpc) is 2.95. The normalized spacial score (nSPS) is 11.8. The summed E-state index contributed by atoms with van der Waals surface area (Å²) in [6.45, 7) is 2.20. The number of ether oxygens (including phenoxy) is 1. The number of aromatic nitrogens is 1. The first-order valence-electron chi connectivity index (χ1n) is 6.52. The fourth-order valence-electron chi connectivity index (χ4n) is 1.98. The lowest BCUT2D eigenvalue weighted by molar-refractivity contribution is 0.306. The van der Waals surface area contributed by atoms with E-state index in [4.69, 9.17) is 9.94 Å². The molecule has 0 aliphatic carbocycles. The summed E-state index contributed by atoms with van der Waals surface area (Å²) in [4.78, 5) is 4.53. The fraction of sp³-hybridized carbons (Fsp3) is 0.125. The topological polar surface area (TPSA) is 54.7 Å². The first kappa shape index (κ1) is 13.6. The predicted octanol–water partition coefficient (Wildman–Crippen LogP) is 4.07. The van der Waals surface area contributed by atoms with Gasteiger partial charge in [-0.15, -0.1) is 11.3 Å².